The van der Waals surface area contributed by atoms with Gasteiger partial charge in [-0.2, -0.15) is 0 Å². The molecule has 1 saturated heterocycles. The highest BCUT2D eigenvalue weighted by atomic mass is 79.9. The summed E-state index contributed by atoms with van der Waals surface area (Å²) in [7, 11) is 0. The van der Waals surface area contributed by atoms with Crippen LogP contribution in [0.3, 0.4) is 0 Å². The fourth-order valence-electron chi connectivity index (χ4n) is 2.98. The Bertz CT molecular complexity index is 433. The SMILES string of the molecule is CCc1cc(Br)ccc1N1CCCNC(C(C)CC)C1. The second-order valence-electron chi connectivity index (χ2n) is 5.87. The van der Waals surface area contributed by atoms with E-state index in [0.717, 1.165) is 32.0 Å². The van der Waals surface area contributed by atoms with Gasteiger partial charge >= 0.3 is 0 Å². The van der Waals surface area contributed by atoms with E-state index >= 15 is 0 Å². The predicted octanol–water partition coefficient (Wildman–Crippen LogP) is 4.23. The van der Waals surface area contributed by atoms with Crippen molar-refractivity contribution in [1.29, 1.82) is 0 Å². The van der Waals surface area contributed by atoms with E-state index in [9.17, 15) is 0 Å². The van der Waals surface area contributed by atoms with E-state index < -0.39 is 0 Å². The summed E-state index contributed by atoms with van der Waals surface area (Å²) in [4.78, 5) is 2.59. The van der Waals surface area contributed by atoms with Crippen LogP contribution in [-0.2, 0) is 6.42 Å². The van der Waals surface area contributed by atoms with Gasteiger partial charge in [-0.15, -0.1) is 0 Å². The average molecular weight is 339 g/mol. The first-order valence-electron chi connectivity index (χ1n) is 7.92. The molecule has 2 rings (SSSR count). The van der Waals surface area contributed by atoms with Crippen LogP contribution in [0.4, 0.5) is 5.69 Å². The zero-order valence-electron chi connectivity index (χ0n) is 13.0. The summed E-state index contributed by atoms with van der Waals surface area (Å²) in [6.07, 6.45) is 3.56. The van der Waals surface area contributed by atoms with Crippen LogP contribution >= 0.6 is 15.9 Å². The fourth-order valence-corrected chi connectivity index (χ4v) is 3.39. The zero-order valence-corrected chi connectivity index (χ0v) is 14.5. The molecular formula is C17H27BrN2. The molecule has 2 nitrogen and oxygen atoms in total. The topological polar surface area (TPSA) is 15.3 Å². The Morgan fingerprint density at radius 2 is 2.20 bits per heavy atom. The van der Waals surface area contributed by atoms with Crippen molar-refractivity contribution in [3.05, 3.63) is 28.2 Å². The summed E-state index contributed by atoms with van der Waals surface area (Å²) in [6.45, 7) is 10.3. The largest absolute Gasteiger partial charge is 0.370 e. The van der Waals surface area contributed by atoms with Gasteiger partial charge in [-0.3, -0.25) is 0 Å². The first-order valence-corrected chi connectivity index (χ1v) is 8.71. The van der Waals surface area contributed by atoms with Crippen LogP contribution in [0.15, 0.2) is 22.7 Å². The van der Waals surface area contributed by atoms with Crippen molar-refractivity contribution in [2.75, 3.05) is 24.5 Å². The lowest BCUT2D eigenvalue weighted by atomic mass is 9.98. The van der Waals surface area contributed by atoms with E-state index in [1.807, 2.05) is 0 Å². The van der Waals surface area contributed by atoms with E-state index in [1.54, 1.807) is 0 Å². The second-order valence-corrected chi connectivity index (χ2v) is 6.79. The molecule has 1 aromatic carbocycles. The molecule has 1 aliphatic heterocycles. The van der Waals surface area contributed by atoms with E-state index in [1.165, 1.54) is 28.6 Å². The van der Waals surface area contributed by atoms with Crippen molar-refractivity contribution in [2.24, 2.45) is 5.92 Å². The summed E-state index contributed by atoms with van der Waals surface area (Å²) in [6, 6.07) is 7.33. The van der Waals surface area contributed by atoms with Gasteiger partial charge in [0.15, 0.2) is 0 Å². The summed E-state index contributed by atoms with van der Waals surface area (Å²) in [5.41, 5.74) is 2.87. The first kappa shape index (κ1) is 15.8. The van der Waals surface area contributed by atoms with E-state index in [-0.39, 0.29) is 0 Å². The summed E-state index contributed by atoms with van der Waals surface area (Å²) < 4.78 is 1.18. The molecule has 0 radical (unpaired) electrons. The molecule has 0 amide bonds. The zero-order chi connectivity index (χ0) is 14.5. The molecule has 0 aromatic heterocycles. The van der Waals surface area contributed by atoms with Gasteiger partial charge in [0.25, 0.3) is 0 Å². The average Bonchev–Trinajstić information content (AvgIpc) is 2.72. The monoisotopic (exact) mass is 338 g/mol. The van der Waals surface area contributed by atoms with Gasteiger partial charge in [0.05, 0.1) is 0 Å². The molecule has 112 valence electrons. The molecule has 1 aromatic rings. The van der Waals surface area contributed by atoms with E-state index in [2.05, 4.69) is 65.1 Å². The number of benzene rings is 1. The molecule has 0 bridgehead atoms. The van der Waals surface area contributed by atoms with Crippen LogP contribution in [0.5, 0.6) is 0 Å². The van der Waals surface area contributed by atoms with E-state index in [0.29, 0.717) is 6.04 Å². The third-order valence-corrected chi connectivity index (χ3v) is 5.02. The molecule has 2 unspecified atom stereocenters. The molecule has 0 spiro atoms. The van der Waals surface area contributed by atoms with Crippen LogP contribution in [0, 0.1) is 5.92 Å². The van der Waals surface area contributed by atoms with Gasteiger partial charge in [-0.1, -0.05) is 43.1 Å². The standard InChI is InChI=1S/C17H27BrN2/c1-4-13(3)16-12-20(10-6-9-19-16)17-8-7-15(18)11-14(17)5-2/h7-8,11,13,16,19H,4-6,9-10,12H2,1-3H3. The van der Waals surface area contributed by atoms with Crippen molar-refractivity contribution in [3.63, 3.8) is 0 Å². The van der Waals surface area contributed by atoms with Gasteiger partial charge in [0, 0.05) is 29.3 Å². The minimum absolute atomic E-state index is 0.607. The maximum Gasteiger partial charge on any atom is 0.0399 e. The van der Waals surface area contributed by atoms with Crippen molar-refractivity contribution >= 4 is 21.6 Å². The van der Waals surface area contributed by atoms with Gasteiger partial charge in [-0.25, -0.2) is 0 Å². The van der Waals surface area contributed by atoms with Crippen LogP contribution in [-0.4, -0.2) is 25.7 Å². The Morgan fingerprint density at radius 3 is 2.90 bits per heavy atom. The normalized spacial score (nSPS) is 21.6. The molecule has 20 heavy (non-hydrogen) atoms. The third kappa shape index (κ3) is 3.76. The number of halogens is 1. The number of nitrogens with zero attached hydrogens (tertiary/aromatic N) is 1. The minimum atomic E-state index is 0.607. The fraction of sp³-hybridized carbons (Fsp3) is 0.647. The maximum atomic E-state index is 3.73. The first-order chi connectivity index (χ1) is 9.65. The number of aryl methyl sites for hydroxylation is 1. The summed E-state index contributed by atoms with van der Waals surface area (Å²) in [5.74, 6) is 0.733. The van der Waals surface area contributed by atoms with Crippen molar-refractivity contribution in [3.8, 4) is 0 Å². The Labute approximate surface area is 132 Å². The lowest BCUT2D eigenvalue weighted by molar-refractivity contribution is 0.384. The molecule has 0 aliphatic carbocycles. The molecule has 1 heterocycles. The number of hydrogen-bond acceptors (Lipinski definition) is 2. The van der Waals surface area contributed by atoms with Crippen molar-refractivity contribution < 1.29 is 0 Å². The van der Waals surface area contributed by atoms with Crippen LogP contribution in [0.25, 0.3) is 0 Å². The lowest BCUT2D eigenvalue weighted by Crippen LogP contribution is -2.42. The molecule has 1 N–H and O–H groups in total. The van der Waals surface area contributed by atoms with Crippen LogP contribution < -0.4 is 10.2 Å². The number of nitrogens with one attached hydrogen (secondary N) is 1. The molecule has 3 heteroatoms. The van der Waals surface area contributed by atoms with Crippen LogP contribution in [0.2, 0.25) is 0 Å². The Balaban J connectivity index is 2.21. The maximum absolute atomic E-state index is 3.73. The summed E-state index contributed by atoms with van der Waals surface area (Å²) in [5, 5.41) is 3.73. The molecule has 1 aliphatic rings. The van der Waals surface area contributed by atoms with Crippen LogP contribution in [0.1, 0.15) is 39.2 Å². The van der Waals surface area contributed by atoms with E-state index in [4.69, 9.17) is 0 Å². The van der Waals surface area contributed by atoms with Gasteiger partial charge < -0.3 is 10.2 Å². The molecule has 1 fully saturated rings. The lowest BCUT2D eigenvalue weighted by Gasteiger charge is -2.31. The summed E-state index contributed by atoms with van der Waals surface area (Å²) >= 11 is 3.59. The highest BCUT2D eigenvalue weighted by Gasteiger charge is 2.22. The molecular weight excluding hydrogens is 312 g/mol. The Hall–Kier alpha value is -0.540. The van der Waals surface area contributed by atoms with Gasteiger partial charge in [0.2, 0.25) is 0 Å². The van der Waals surface area contributed by atoms with Gasteiger partial charge in [0.1, 0.15) is 0 Å². The molecule has 2 atom stereocenters. The number of anilines is 1. The Kier molecular flexibility index (Phi) is 5.91. The number of hydrogen-bond donors (Lipinski definition) is 1. The smallest absolute Gasteiger partial charge is 0.0399 e. The van der Waals surface area contributed by atoms with Crippen molar-refractivity contribution in [2.45, 2.75) is 46.1 Å². The number of rotatable bonds is 4. The van der Waals surface area contributed by atoms with Crippen molar-refractivity contribution in [1.82, 2.24) is 5.32 Å². The third-order valence-electron chi connectivity index (χ3n) is 4.52. The molecule has 0 saturated carbocycles. The predicted molar refractivity (Wildman–Crippen MR) is 91.6 cm³/mol. The highest BCUT2D eigenvalue weighted by molar-refractivity contribution is 9.10. The highest BCUT2D eigenvalue weighted by Crippen LogP contribution is 2.27. The minimum Gasteiger partial charge on any atom is -0.370 e. The Morgan fingerprint density at radius 1 is 1.40 bits per heavy atom. The quantitative estimate of drug-likeness (QED) is 0.883. The van der Waals surface area contributed by atoms with Gasteiger partial charge in [-0.05, 0) is 49.1 Å². The second kappa shape index (κ2) is 7.46.